The number of carbonyl (C=O) groups excluding carboxylic acids is 3. The Bertz CT molecular complexity index is 1210. The zero-order chi connectivity index (χ0) is 23.1. The van der Waals surface area contributed by atoms with Crippen LogP contribution in [0.1, 0.15) is 5.56 Å². The van der Waals surface area contributed by atoms with E-state index in [1.807, 2.05) is 0 Å². The predicted molar refractivity (Wildman–Crippen MR) is 117 cm³/mol. The molecule has 0 atom stereocenters. The van der Waals surface area contributed by atoms with Crippen molar-refractivity contribution in [3.8, 4) is 11.6 Å². The van der Waals surface area contributed by atoms with Crippen molar-refractivity contribution in [3.05, 3.63) is 60.2 Å². The third-order valence-electron chi connectivity index (χ3n) is 4.45. The summed E-state index contributed by atoms with van der Waals surface area (Å²) in [4.78, 5) is 35.2. The molecule has 0 aliphatic carbocycles. The van der Waals surface area contributed by atoms with Crippen LogP contribution in [0.2, 0.25) is 0 Å². The molecule has 1 heterocycles. The summed E-state index contributed by atoms with van der Waals surface area (Å²) in [6.45, 7) is -0.637. The van der Waals surface area contributed by atoms with Crippen LogP contribution < -0.4 is 15.8 Å². The summed E-state index contributed by atoms with van der Waals surface area (Å²) in [6.07, 6.45) is 2.88. The van der Waals surface area contributed by atoms with E-state index in [1.165, 1.54) is 10.6 Å². The standard InChI is InChI=1S/C22H21N5O5/c1-32-15-9-6-14(7-10-15)8-11-19(29)24-12-20(30)25-26-21-16-4-2-3-5-17(16)27(22(21)31)13-18(23)28/h2-11,31H,12-13H2,1H3,(H2,23,28)(H,24,29)/b11-8+,26-25?. The first-order valence-electron chi connectivity index (χ1n) is 9.52. The fraction of sp³-hybridized carbons (Fsp3) is 0.136. The molecule has 32 heavy (non-hydrogen) atoms. The second-order valence-corrected chi connectivity index (χ2v) is 6.66. The van der Waals surface area contributed by atoms with Gasteiger partial charge in [0.05, 0.1) is 12.6 Å². The molecule has 10 nitrogen and oxygen atoms in total. The van der Waals surface area contributed by atoms with E-state index in [-0.39, 0.29) is 24.7 Å². The van der Waals surface area contributed by atoms with E-state index in [1.54, 1.807) is 61.7 Å². The zero-order valence-electron chi connectivity index (χ0n) is 17.2. The number of fused-ring (bicyclic) bond motifs is 1. The Morgan fingerprint density at radius 1 is 1.16 bits per heavy atom. The molecule has 0 radical (unpaired) electrons. The second kappa shape index (κ2) is 10.0. The zero-order valence-corrected chi connectivity index (χ0v) is 17.2. The Morgan fingerprint density at radius 3 is 2.56 bits per heavy atom. The number of para-hydroxylation sites is 1. The highest BCUT2D eigenvalue weighted by Gasteiger charge is 2.17. The van der Waals surface area contributed by atoms with Gasteiger partial charge in [0.2, 0.25) is 17.7 Å². The van der Waals surface area contributed by atoms with E-state index in [9.17, 15) is 19.5 Å². The van der Waals surface area contributed by atoms with Gasteiger partial charge in [-0.25, -0.2) is 0 Å². The second-order valence-electron chi connectivity index (χ2n) is 6.66. The van der Waals surface area contributed by atoms with Gasteiger partial charge < -0.3 is 25.5 Å². The van der Waals surface area contributed by atoms with E-state index < -0.39 is 17.7 Å². The first kappa shape index (κ1) is 22.2. The third-order valence-corrected chi connectivity index (χ3v) is 4.45. The van der Waals surface area contributed by atoms with Crippen molar-refractivity contribution in [2.24, 2.45) is 16.0 Å². The molecular weight excluding hydrogens is 414 g/mol. The van der Waals surface area contributed by atoms with Gasteiger partial charge in [0.15, 0.2) is 5.69 Å². The Morgan fingerprint density at radius 2 is 1.88 bits per heavy atom. The summed E-state index contributed by atoms with van der Waals surface area (Å²) in [7, 11) is 1.56. The van der Waals surface area contributed by atoms with Crippen LogP contribution in [0.4, 0.5) is 5.69 Å². The van der Waals surface area contributed by atoms with Crippen LogP contribution in [0, 0.1) is 0 Å². The number of benzene rings is 2. The minimum absolute atomic E-state index is 0.0286. The van der Waals surface area contributed by atoms with Gasteiger partial charge in [-0.2, -0.15) is 0 Å². The number of hydrogen-bond donors (Lipinski definition) is 3. The number of aromatic hydroxyl groups is 1. The van der Waals surface area contributed by atoms with E-state index in [0.29, 0.717) is 16.7 Å². The highest BCUT2D eigenvalue weighted by molar-refractivity contribution is 5.97. The maximum atomic E-state index is 12.0. The summed E-state index contributed by atoms with van der Waals surface area (Å²) in [6, 6.07) is 13.9. The smallest absolute Gasteiger partial charge is 0.283 e. The Balaban J connectivity index is 1.63. The van der Waals surface area contributed by atoms with Crippen LogP contribution in [0.3, 0.4) is 0 Å². The molecule has 3 aromatic rings. The van der Waals surface area contributed by atoms with Gasteiger partial charge in [-0.05, 0) is 29.8 Å². The highest BCUT2D eigenvalue weighted by Crippen LogP contribution is 2.38. The number of nitrogens with one attached hydrogen (secondary N) is 1. The van der Waals surface area contributed by atoms with Crippen molar-refractivity contribution in [2.75, 3.05) is 13.7 Å². The van der Waals surface area contributed by atoms with Crippen molar-refractivity contribution in [1.29, 1.82) is 0 Å². The van der Waals surface area contributed by atoms with E-state index in [2.05, 4.69) is 15.5 Å². The number of ether oxygens (including phenoxy) is 1. The van der Waals surface area contributed by atoms with Gasteiger partial charge in [-0.15, -0.1) is 10.2 Å². The number of amides is 3. The quantitative estimate of drug-likeness (QED) is 0.367. The first-order chi connectivity index (χ1) is 15.4. The molecule has 0 fully saturated rings. The first-order valence-corrected chi connectivity index (χ1v) is 9.52. The number of azo groups is 1. The molecule has 4 N–H and O–H groups in total. The van der Waals surface area contributed by atoms with Crippen LogP contribution in [-0.4, -0.2) is 41.0 Å². The topological polar surface area (TPSA) is 148 Å². The highest BCUT2D eigenvalue weighted by atomic mass is 16.5. The van der Waals surface area contributed by atoms with Gasteiger partial charge in [0.25, 0.3) is 5.91 Å². The van der Waals surface area contributed by atoms with Gasteiger partial charge >= 0.3 is 0 Å². The Hall–Kier alpha value is -4.47. The fourth-order valence-corrected chi connectivity index (χ4v) is 2.94. The lowest BCUT2D eigenvalue weighted by molar-refractivity contribution is -0.122. The average molecular weight is 435 g/mol. The lowest BCUT2D eigenvalue weighted by Crippen LogP contribution is -2.26. The van der Waals surface area contributed by atoms with Crippen LogP contribution in [-0.2, 0) is 20.9 Å². The van der Waals surface area contributed by atoms with Crippen molar-refractivity contribution in [1.82, 2.24) is 9.88 Å². The summed E-state index contributed by atoms with van der Waals surface area (Å²) in [5, 5.41) is 20.7. The number of nitrogens with two attached hydrogens (primary N) is 1. The van der Waals surface area contributed by atoms with Crippen LogP contribution >= 0.6 is 0 Å². The molecule has 10 heteroatoms. The molecular formula is C22H21N5O5. The summed E-state index contributed by atoms with van der Waals surface area (Å²) < 4.78 is 6.35. The number of methoxy groups -OCH3 is 1. The molecule has 164 valence electrons. The molecule has 0 aliphatic heterocycles. The lowest BCUT2D eigenvalue weighted by atomic mass is 10.2. The molecule has 2 aromatic carbocycles. The predicted octanol–water partition coefficient (Wildman–Crippen LogP) is 2.28. The summed E-state index contributed by atoms with van der Waals surface area (Å²) >= 11 is 0. The summed E-state index contributed by atoms with van der Waals surface area (Å²) in [5.41, 5.74) is 6.56. The minimum Gasteiger partial charge on any atom is -0.497 e. The monoisotopic (exact) mass is 435 g/mol. The van der Waals surface area contributed by atoms with Gasteiger partial charge in [0, 0.05) is 11.5 Å². The number of rotatable bonds is 8. The minimum atomic E-state index is -0.720. The SMILES string of the molecule is COc1ccc(/C=C/C(=O)NCC(=O)N=Nc2c(O)n(CC(N)=O)c3ccccc23)cc1. The van der Waals surface area contributed by atoms with Crippen molar-refractivity contribution in [2.45, 2.75) is 6.54 Å². The lowest BCUT2D eigenvalue weighted by Gasteiger charge is -2.02. The third kappa shape index (κ3) is 5.36. The molecule has 0 aliphatic rings. The fourth-order valence-electron chi connectivity index (χ4n) is 2.94. The van der Waals surface area contributed by atoms with Gasteiger partial charge in [0.1, 0.15) is 18.8 Å². The number of aromatic nitrogens is 1. The van der Waals surface area contributed by atoms with E-state index >= 15 is 0 Å². The molecule has 0 saturated heterocycles. The largest absolute Gasteiger partial charge is 0.497 e. The number of nitrogens with zero attached hydrogens (tertiary/aromatic N) is 3. The number of carbonyl (C=O) groups is 3. The average Bonchev–Trinajstić information content (AvgIpc) is 3.05. The molecule has 0 unspecified atom stereocenters. The van der Waals surface area contributed by atoms with Crippen LogP contribution in [0.5, 0.6) is 11.6 Å². The van der Waals surface area contributed by atoms with Crippen molar-refractivity contribution in [3.63, 3.8) is 0 Å². The normalized spacial score (nSPS) is 11.3. The van der Waals surface area contributed by atoms with Crippen molar-refractivity contribution >= 4 is 40.4 Å². The van der Waals surface area contributed by atoms with Crippen LogP contribution in [0.15, 0.2) is 64.8 Å². The molecule has 0 saturated carbocycles. The van der Waals surface area contributed by atoms with Gasteiger partial charge in [-0.3, -0.25) is 14.4 Å². The van der Waals surface area contributed by atoms with Gasteiger partial charge in [-0.1, -0.05) is 30.3 Å². The van der Waals surface area contributed by atoms with E-state index in [4.69, 9.17) is 10.5 Å². The Kier molecular flexibility index (Phi) is 6.96. The summed E-state index contributed by atoms with van der Waals surface area (Å²) in [5.74, 6) is -1.49. The maximum absolute atomic E-state index is 12.0. The molecule has 0 bridgehead atoms. The maximum Gasteiger partial charge on any atom is 0.283 e. The molecule has 3 rings (SSSR count). The molecule has 1 aromatic heterocycles. The molecule has 3 amide bonds. The van der Waals surface area contributed by atoms with Crippen LogP contribution in [0.25, 0.3) is 17.0 Å². The van der Waals surface area contributed by atoms with Crippen molar-refractivity contribution < 1.29 is 24.2 Å². The van der Waals surface area contributed by atoms with E-state index in [0.717, 1.165) is 5.56 Å². The Labute approximate surface area is 183 Å². The molecule has 0 spiro atoms. The number of hydrogen-bond acceptors (Lipinski definition) is 6. The number of primary amides is 1.